The van der Waals surface area contributed by atoms with Gasteiger partial charge >= 0.3 is 0 Å². The Morgan fingerprint density at radius 1 is 1.04 bits per heavy atom. The first-order valence-electron chi connectivity index (χ1n) is 7.72. The van der Waals surface area contributed by atoms with Crippen LogP contribution in [0.25, 0.3) is 0 Å². The van der Waals surface area contributed by atoms with Gasteiger partial charge in [0, 0.05) is 11.1 Å². The van der Waals surface area contributed by atoms with Gasteiger partial charge in [0.15, 0.2) is 11.6 Å². The fraction of sp³-hybridized carbons (Fsp3) is 0.375. The van der Waals surface area contributed by atoms with E-state index in [2.05, 4.69) is 20.6 Å². The molecule has 0 spiro atoms. The number of aromatic nitrogens is 2. The number of hydrogen-bond donors (Lipinski definition) is 3. The molecule has 1 fully saturated rings. The number of rotatable bonds is 4. The Labute approximate surface area is 145 Å². The summed E-state index contributed by atoms with van der Waals surface area (Å²) in [6.07, 6.45) is 7.58. The minimum Gasteiger partial charge on any atom is -0.393 e. The molecule has 122 valence electrons. The smallest absolute Gasteiger partial charge is 0.159 e. The highest BCUT2D eigenvalue weighted by molar-refractivity contribution is 6.36. The van der Waals surface area contributed by atoms with Crippen molar-refractivity contribution in [2.24, 2.45) is 0 Å². The molecule has 1 aliphatic carbocycles. The fourth-order valence-corrected chi connectivity index (χ4v) is 3.22. The van der Waals surface area contributed by atoms with Crippen LogP contribution in [0.3, 0.4) is 0 Å². The van der Waals surface area contributed by atoms with Gasteiger partial charge in [-0.1, -0.05) is 42.5 Å². The molecule has 1 saturated carbocycles. The maximum Gasteiger partial charge on any atom is 0.159 e. The summed E-state index contributed by atoms with van der Waals surface area (Å²) >= 11 is 12.1. The first-order chi connectivity index (χ1) is 11.1. The van der Waals surface area contributed by atoms with Crippen LogP contribution in [0.5, 0.6) is 0 Å². The van der Waals surface area contributed by atoms with E-state index in [4.69, 9.17) is 28.9 Å². The number of benzene rings is 1. The van der Waals surface area contributed by atoms with E-state index in [-0.39, 0.29) is 0 Å². The molecular formula is C16H19Cl2N5. The number of nitrogens with two attached hydrogens (primary N) is 1. The van der Waals surface area contributed by atoms with Crippen molar-refractivity contribution in [3.05, 3.63) is 34.6 Å². The van der Waals surface area contributed by atoms with Crippen molar-refractivity contribution in [3.8, 4) is 0 Å². The van der Waals surface area contributed by atoms with Crippen LogP contribution in [0.4, 0.5) is 23.0 Å². The molecule has 1 aromatic heterocycles. The van der Waals surface area contributed by atoms with Crippen LogP contribution < -0.4 is 16.4 Å². The minimum atomic E-state index is 0.424. The van der Waals surface area contributed by atoms with Crippen LogP contribution >= 0.6 is 23.2 Å². The van der Waals surface area contributed by atoms with Gasteiger partial charge in [-0.3, -0.25) is 0 Å². The maximum atomic E-state index is 6.21. The van der Waals surface area contributed by atoms with Gasteiger partial charge in [-0.2, -0.15) is 0 Å². The molecule has 0 atom stereocenters. The summed E-state index contributed by atoms with van der Waals surface area (Å²) in [6, 6.07) is 5.65. The molecule has 0 radical (unpaired) electrons. The molecule has 7 heteroatoms. The van der Waals surface area contributed by atoms with E-state index >= 15 is 0 Å². The monoisotopic (exact) mass is 351 g/mol. The van der Waals surface area contributed by atoms with E-state index in [0.29, 0.717) is 39.1 Å². The van der Waals surface area contributed by atoms with Gasteiger partial charge in [0.1, 0.15) is 12.0 Å². The van der Waals surface area contributed by atoms with Crippen molar-refractivity contribution in [1.82, 2.24) is 9.97 Å². The Morgan fingerprint density at radius 3 is 2.52 bits per heavy atom. The third-order valence-electron chi connectivity index (χ3n) is 4.01. The van der Waals surface area contributed by atoms with Gasteiger partial charge in [0.05, 0.1) is 10.7 Å². The largest absolute Gasteiger partial charge is 0.393 e. The molecule has 0 bridgehead atoms. The molecule has 0 amide bonds. The van der Waals surface area contributed by atoms with Gasteiger partial charge in [-0.05, 0) is 31.0 Å². The molecule has 0 saturated heterocycles. The van der Waals surface area contributed by atoms with Gasteiger partial charge < -0.3 is 16.4 Å². The third-order valence-corrected chi connectivity index (χ3v) is 4.56. The summed E-state index contributed by atoms with van der Waals surface area (Å²) < 4.78 is 0. The highest BCUT2D eigenvalue weighted by Gasteiger charge is 2.16. The number of nitrogens with one attached hydrogen (secondary N) is 2. The number of halogens is 2. The predicted molar refractivity (Wildman–Crippen MR) is 96.7 cm³/mol. The average molecular weight is 352 g/mol. The normalized spacial score (nSPS) is 15.4. The number of nitrogen functional groups attached to an aromatic ring is 1. The van der Waals surface area contributed by atoms with Crippen LogP contribution in [0.2, 0.25) is 10.0 Å². The lowest BCUT2D eigenvalue weighted by molar-refractivity contribution is 0.462. The van der Waals surface area contributed by atoms with E-state index in [1.54, 1.807) is 18.2 Å². The third kappa shape index (κ3) is 3.98. The van der Waals surface area contributed by atoms with Crippen LogP contribution in [0, 0.1) is 0 Å². The van der Waals surface area contributed by atoms with Crippen molar-refractivity contribution in [1.29, 1.82) is 0 Å². The summed E-state index contributed by atoms with van der Waals surface area (Å²) in [5, 5.41) is 7.66. The Balaban J connectivity index is 1.78. The van der Waals surface area contributed by atoms with Gasteiger partial charge in [0.2, 0.25) is 0 Å². The molecule has 2 aromatic rings. The molecule has 1 aromatic carbocycles. The van der Waals surface area contributed by atoms with Crippen LogP contribution in [0.1, 0.15) is 32.1 Å². The molecule has 5 nitrogen and oxygen atoms in total. The Morgan fingerprint density at radius 2 is 1.78 bits per heavy atom. The maximum absolute atomic E-state index is 6.21. The van der Waals surface area contributed by atoms with E-state index in [1.165, 1.54) is 25.6 Å². The van der Waals surface area contributed by atoms with Crippen molar-refractivity contribution in [3.63, 3.8) is 0 Å². The quantitative estimate of drug-likeness (QED) is 0.733. The van der Waals surface area contributed by atoms with E-state index in [0.717, 1.165) is 12.8 Å². The molecule has 0 aliphatic heterocycles. The predicted octanol–water partition coefficient (Wildman–Crippen LogP) is 4.85. The van der Waals surface area contributed by atoms with Gasteiger partial charge in [-0.15, -0.1) is 0 Å². The minimum absolute atomic E-state index is 0.424. The van der Waals surface area contributed by atoms with Crippen LogP contribution in [0.15, 0.2) is 24.5 Å². The highest BCUT2D eigenvalue weighted by Crippen LogP contribution is 2.32. The van der Waals surface area contributed by atoms with E-state index in [9.17, 15) is 0 Å². The number of nitrogens with zero attached hydrogens (tertiary/aromatic N) is 2. The van der Waals surface area contributed by atoms with Crippen molar-refractivity contribution in [2.75, 3.05) is 16.4 Å². The lowest BCUT2D eigenvalue weighted by atomic mass is 9.95. The second-order valence-electron chi connectivity index (χ2n) is 5.71. The SMILES string of the molecule is Nc1c(Nc2ccc(Cl)cc2Cl)ncnc1NC1CCCCC1. The molecular weight excluding hydrogens is 333 g/mol. The Kier molecular flexibility index (Phi) is 5.08. The summed E-state index contributed by atoms with van der Waals surface area (Å²) in [7, 11) is 0. The van der Waals surface area contributed by atoms with Crippen molar-refractivity contribution >= 4 is 46.2 Å². The lowest BCUT2D eigenvalue weighted by Crippen LogP contribution is -2.23. The first kappa shape index (κ1) is 16.1. The standard InChI is InChI=1S/C16H19Cl2N5/c17-10-6-7-13(12(18)8-10)23-16-14(19)15(20-9-21-16)22-11-4-2-1-3-5-11/h6-9,11H,1-5,19H2,(H2,20,21,22,23). The fourth-order valence-electron chi connectivity index (χ4n) is 2.77. The van der Waals surface area contributed by atoms with E-state index in [1.807, 2.05) is 0 Å². The summed E-state index contributed by atoms with van der Waals surface area (Å²) in [6.45, 7) is 0. The second-order valence-corrected chi connectivity index (χ2v) is 6.56. The summed E-state index contributed by atoms with van der Waals surface area (Å²) in [5.74, 6) is 1.20. The molecule has 1 aliphatic rings. The van der Waals surface area contributed by atoms with Crippen LogP contribution in [-0.2, 0) is 0 Å². The summed E-state index contributed by atoms with van der Waals surface area (Å²) in [4.78, 5) is 8.48. The highest BCUT2D eigenvalue weighted by atomic mass is 35.5. The van der Waals surface area contributed by atoms with Gasteiger partial charge in [-0.25, -0.2) is 9.97 Å². The molecule has 3 rings (SSSR count). The Bertz CT molecular complexity index is 686. The zero-order valence-corrected chi connectivity index (χ0v) is 14.2. The number of anilines is 4. The molecule has 4 N–H and O–H groups in total. The topological polar surface area (TPSA) is 75.9 Å². The van der Waals surface area contributed by atoms with Crippen molar-refractivity contribution in [2.45, 2.75) is 38.1 Å². The summed E-state index contributed by atoms with van der Waals surface area (Å²) in [5.41, 5.74) is 7.40. The van der Waals surface area contributed by atoms with Gasteiger partial charge in [0.25, 0.3) is 0 Å². The average Bonchev–Trinajstić information content (AvgIpc) is 2.54. The number of hydrogen-bond acceptors (Lipinski definition) is 5. The molecule has 0 unspecified atom stereocenters. The van der Waals surface area contributed by atoms with Crippen molar-refractivity contribution < 1.29 is 0 Å². The molecule has 1 heterocycles. The molecule has 23 heavy (non-hydrogen) atoms. The van der Waals surface area contributed by atoms with E-state index < -0.39 is 0 Å². The zero-order chi connectivity index (χ0) is 16.2. The second kappa shape index (κ2) is 7.23. The lowest BCUT2D eigenvalue weighted by Gasteiger charge is -2.24. The Hall–Kier alpha value is -1.72. The zero-order valence-electron chi connectivity index (χ0n) is 12.6. The van der Waals surface area contributed by atoms with Crippen LogP contribution in [-0.4, -0.2) is 16.0 Å². The first-order valence-corrected chi connectivity index (χ1v) is 8.48.